The Bertz CT molecular complexity index is 881. The number of anilines is 2. The van der Waals surface area contributed by atoms with Gasteiger partial charge in [0.05, 0.1) is 16.8 Å². The molecule has 1 heterocycles. The lowest BCUT2D eigenvalue weighted by Crippen LogP contribution is -2.29. The molecule has 3 rings (SSSR count). The molecule has 3 aromatic rings. The first kappa shape index (κ1) is 17.8. The number of benzene rings is 2. The summed E-state index contributed by atoms with van der Waals surface area (Å²) in [6.07, 6.45) is 2.02. The molecule has 130 valence electrons. The number of carbonyl (C=O) groups is 1. The number of nitrogens with zero attached hydrogens (tertiary/aromatic N) is 2. The van der Waals surface area contributed by atoms with Gasteiger partial charge in [-0.3, -0.25) is 4.79 Å². The van der Waals surface area contributed by atoms with Crippen LogP contribution in [-0.4, -0.2) is 30.7 Å². The molecule has 2 aromatic carbocycles. The van der Waals surface area contributed by atoms with Gasteiger partial charge < -0.3 is 10.2 Å². The van der Waals surface area contributed by atoms with Crippen molar-refractivity contribution in [3.05, 3.63) is 47.5 Å². The highest BCUT2D eigenvalue weighted by atomic mass is 32.2. The number of likely N-dealkylation sites (N-methyl/N-ethyl adjacent to an activating group) is 1. The average Bonchev–Trinajstić information content (AvgIpc) is 3.05. The fourth-order valence-electron chi connectivity index (χ4n) is 2.60. The molecule has 0 aliphatic carbocycles. The number of amides is 1. The highest BCUT2D eigenvalue weighted by Crippen LogP contribution is 2.32. The normalized spacial score (nSPS) is 10.9. The van der Waals surface area contributed by atoms with E-state index in [0.717, 1.165) is 26.8 Å². The van der Waals surface area contributed by atoms with Gasteiger partial charge in [0.1, 0.15) is 0 Å². The number of fused-ring (bicyclic) bond motifs is 1. The van der Waals surface area contributed by atoms with Crippen LogP contribution in [0.2, 0.25) is 0 Å². The summed E-state index contributed by atoms with van der Waals surface area (Å²) >= 11 is 3.29. The van der Waals surface area contributed by atoms with E-state index in [1.165, 1.54) is 10.3 Å². The monoisotopic (exact) mass is 371 g/mol. The molecular formula is C19H21N3OS2. The Hall–Kier alpha value is -2.05. The Morgan fingerprint density at radius 2 is 2.00 bits per heavy atom. The number of thiazole rings is 1. The first-order valence-electron chi connectivity index (χ1n) is 7.99. The number of carbonyl (C=O) groups excluding carboxylic acids is 1. The first-order valence-corrected chi connectivity index (χ1v) is 10.0. The number of rotatable bonds is 5. The van der Waals surface area contributed by atoms with Crippen LogP contribution in [0, 0.1) is 13.8 Å². The van der Waals surface area contributed by atoms with E-state index in [2.05, 4.69) is 31.3 Å². The summed E-state index contributed by atoms with van der Waals surface area (Å²) in [6, 6.07) is 12.1. The molecule has 0 spiro atoms. The van der Waals surface area contributed by atoms with Crippen LogP contribution in [0.5, 0.6) is 0 Å². The van der Waals surface area contributed by atoms with Gasteiger partial charge in [0.2, 0.25) is 5.91 Å². The maximum absolute atomic E-state index is 12.4. The Labute approximate surface area is 156 Å². The summed E-state index contributed by atoms with van der Waals surface area (Å²) in [5.41, 5.74) is 4.23. The lowest BCUT2D eigenvalue weighted by molar-refractivity contribution is -0.114. The second-order valence-electron chi connectivity index (χ2n) is 6.01. The van der Waals surface area contributed by atoms with Crippen molar-refractivity contribution >= 4 is 50.0 Å². The predicted octanol–water partition coefficient (Wildman–Crippen LogP) is 4.71. The first-order chi connectivity index (χ1) is 12.0. The molecule has 1 N–H and O–H groups in total. The van der Waals surface area contributed by atoms with Crippen LogP contribution in [0.1, 0.15) is 11.1 Å². The van der Waals surface area contributed by atoms with Gasteiger partial charge in [0.15, 0.2) is 5.13 Å². The fraction of sp³-hybridized carbons (Fsp3) is 0.263. The summed E-state index contributed by atoms with van der Waals surface area (Å²) in [6.45, 7) is 4.42. The van der Waals surface area contributed by atoms with Gasteiger partial charge in [-0.2, -0.15) is 0 Å². The highest BCUT2D eigenvalue weighted by Gasteiger charge is 2.14. The van der Waals surface area contributed by atoms with E-state index in [-0.39, 0.29) is 12.5 Å². The molecule has 1 amide bonds. The summed E-state index contributed by atoms with van der Waals surface area (Å²) in [5.74, 6) is -0.0477. The van der Waals surface area contributed by atoms with Crippen LogP contribution in [-0.2, 0) is 4.79 Å². The van der Waals surface area contributed by atoms with E-state index in [9.17, 15) is 4.79 Å². The van der Waals surface area contributed by atoms with Gasteiger partial charge >= 0.3 is 0 Å². The Balaban J connectivity index is 1.73. The zero-order valence-electron chi connectivity index (χ0n) is 14.8. The largest absolute Gasteiger partial charge is 0.342 e. The molecule has 0 atom stereocenters. The van der Waals surface area contributed by atoms with Gasteiger partial charge in [-0.25, -0.2) is 4.98 Å². The number of aryl methyl sites for hydroxylation is 2. The molecule has 0 saturated carbocycles. The van der Waals surface area contributed by atoms with Gasteiger partial charge in [-0.1, -0.05) is 29.5 Å². The minimum absolute atomic E-state index is 0.0477. The van der Waals surface area contributed by atoms with Crippen LogP contribution in [0.25, 0.3) is 10.2 Å². The summed E-state index contributed by atoms with van der Waals surface area (Å²) in [4.78, 5) is 20.1. The van der Waals surface area contributed by atoms with Crippen molar-refractivity contribution in [2.45, 2.75) is 18.7 Å². The third kappa shape index (κ3) is 3.96. The van der Waals surface area contributed by atoms with E-state index in [1.54, 1.807) is 23.1 Å². The van der Waals surface area contributed by atoms with E-state index in [4.69, 9.17) is 4.98 Å². The van der Waals surface area contributed by atoms with Crippen LogP contribution < -0.4 is 10.2 Å². The molecule has 0 aliphatic heterocycles. The third-order valence-corrected chi connectivity index (χ3v) is 6.02. The van der Waals surface area contributed by atoms with Gasteiger partial charge in [-0.05, 0) is 49.4 Å². The minimum Gasteiger partial charge on any atom is -0.342 e. The maximum Gasteiger partial charge on any atom is 0.243 e. The number of thioether (sulfide) groups is 1. The predicted molar refractivity (Wildman–Crippen MR) is 109 cm³/mol. The molecule has 25 heavy (non-hydrogen) atoms. The molecule has 0 aliphatic rings. The molecule has 0 bridgehead atoms. The van der Waals surface area contributed by atoms with Crippen molar-refractivity contribution in [2.75, 3.05) is 30.1 Å². The average molecular weight is 372 g/mol. The van der Waals surface area contributed by atoms with E-state index < -0.39 is 0 Å². The number of hydrogen-bond donors (Lipinski definition) is 1. The molecule has 6 heteroatoms. The SMILES string of the molecule is CSc1cccc(NC(=O)CN(C)c2nc3c(C)ccc(C)c3s2)c1. The number of hydrogen-bond acceptors (Lipinski definition) is 5. The van der Waals surface area contributed by atoms with E-state index >= 15 is 0 Å². The summed E-state index contributed by atoms with van der Waals surface area (Å²) in [5, 5.41) is 3.82. The zero-order chi connectivity index (χ0) is 18.0. The van der Waals surface area contributed by atoms with Gasteiger partial charge in [0, 0.05) is 17.6 Å². The molecule has 1 aromatic heterocycles. The lowest BCUT2D eigenvalue weighted by atomic mass is 10.1. The Morgan fingerprint density at radius 1 is 1.24 bits per heavy atom. The lowest BCUT2D eigenvalue weighted by Gasteiger charge is -2.15. The topological polar surface area (TPSA) is 45.2 Å². The van der Waals surface area contributed by atoms with Crippen molar-refractivity contribution in [1.29, 1.82) is 0 Å². The Kier molecular flexibility index (Phi) is 5.30. The number of aromatic nitrogens is 1. The number of nitrogens with one attached hydrogen (secondary N) is 1. The van der Waals surface area contributed by atoms with Crippen molar-refractivity contribution < 1.29 is 4.79 Å². The molecule has 4 nitrogen and oxygen atoms in total. The van der Waals surface area contributed by atoms with E-state index in [1.807, 2.05) is 42.5 Å². The van der Waals surface area contributed by atoms with Crippen LogP contribution in [0.15, 0.2) is 41.3 Å². The zero-order valence-corrected chi connectivity index (χ0v) is 16.4. The van der Waals surface area contributed by atoms with Gasteiger partial charge in [-0.15, -0.1) is 11.8 Å². The minimum atomic E-state index is -0.0477. The second-order valence-corrected chi connectivity index (χ2v) is 7.87. The second kappa shape index (κ2) is 7.45. The van der Waals surface area contributed by atoms with Gasteiger partial charge in [0.25, 0.3) is 0 Å². The van der Waals surface area contributed by atoms with E-state index in [0.29, 0.717) is 0 Å². The van der Waals surface area contributed by atoms with Crippen LogP contribution >= 0.6 is 23.1 Å². The van der Waals surface area contributed by atoms with Crippen LogP contribution in [0.3, 0.4) is 0 Å². The summed E-state index contributed by atoms with van der Waals surface area (Å²) < 4.78 is 1.19. The van der Waals surface area contributed by atoms with Crippen LogP contribution in [0.4, 0.5) is 10.8 Å². The highest BCUT2D eigenvalue weighted by molar-refractivity contribution is 7.98. The maximum atomic E-state index is 12.4. The molecule has 0 fully saturated rings. The van der Waals surface area contributed by atoms with Crippen molar-refractivity contribution in [2.24, 2.45) is 0 Å². The smallest absolute Gasteiger partial charge is 0.243 e. The van der Waals surface area contributed by atoms with Crippen molar-refractivity contribution in [3.8, 4) is 0 Å². The van der Waals surface area contributed by atoms with Crippen molar-refractivity contribution in [3.63, 3.8) is 0 Å². The quantitative estimate of drug-likeness (QED) is 0.660. The standard InChI is InChI=1S/C19H21N3OS2/c1-12-8-9-13(2)18-17(12)21-19(25-18)22(3)11-16(23)20-14-6-5-7-15(10-14)24-4/h5-10H,11H2,1-4H3,(H,20,23). The fourth-order valence-corrected chi connectivity index (χ4v) is 4.13. The molecule has 0 unspecified atom stereocenters. The molecule has 0 radical (unpaired) electrons. The third-order valence-electron chi connectivity index (χ3n) is 3.99. The Morgan fingerprint density at radius 3 is 2.72 bits per heavy atom. The van der Waals surface area contributed by atoms with Crippen molar-refractivity contribution in [1.82, 2.24) is 4.98 Å². The molecule has 0 saturated heterocycles. The molecular weight excluding hydrogens is 350 g/mol. The summed E-state index contributed by atoms with van der Waals surface area (Å²) in [7, 11) is 1.90.